The molecule has 2 rings (SSSR count). The number of aryl methyl sites for hydroxylation is 1. The van der Waals surface area contributed by atoms with Gasteiger partial charge in [-0.25, -0.2) is 15.8 Å². The predicted octanol–water partition coefficient (Wildman–Crippen LogP) is 0.718. The summed E-state index contributed by atoms with van der Waals surface area (Å²) in [4.78, 5) is 23.8. The van der Waals surface area contributed by atoms with Gasteiger partial charge in [-0.3, -0.25) is 9.78 Å². The molecule has 0 spiro atoms. The van der Waals surface area contributed by atoms with Gasteiger partial charge < -0.3 is 10.7 Å². The second-order valence-electron chi connectivity index (χ2n) is 3.52. The molecule has 1 amide bonds. The minimum absolute atomic E-state index is 0.206. The molecule has 2 heterocycles. The Hall–Kier alpha value is -2.54. The van der Waals surface area contributed by atoms with E-state index in [0.29, 0.717) is 11.5 Å². The lowest BCUT2D eigenvalue weighted by molar-refractivity contribution is 0.102. The molecule has 0 fully saturated rings. The summed E-state index contributed by atoms with van der Waals surface area (Å²) in [6.45, 7) is 1.81. The van der Waals surface area contributed by atoms with Gasteiger partial charge in [0.1, 0.15) is 5.69 Å². The zero-order valence-corrected chi connectivity index (χ0v) is 9.71. The van der Waals surface area contributed by atoms with Gasteiger partial charge in [-0.15, -0.1) is 0 Å². The monoisotopic (exact) mass is 244 g/mol. The molecule has 0 aromatic carbocycles. The fourth-order valence-corrected chi connectivity index (χ4v) is 1.32. The molecule has 0 saturated carbocycles. The molecule has 92 valence electrons. The van der Waals surface area contributed by atoms with Crippen LogP contribution in [0.3, 0.4) is 0 Å². The van der Waals surface area contributed by atoms with Gasteiger partial charge in [0.05, 0.1) is 23.8 Å². The summed E-state index contributed by atoms with van der Waals surface area (Å²) in [6.07, 6.45) is 4.38. The van der Waals surface area contributed by atoms with Crippen LogP contribution in [0.15, 0.2) is 30.7 Å². The number of nitrogens with one attached hydrogen (secondary N) is 2. The van der Waals surface area contributed by atoms with Gasteiger partial charge in [-0.05, 0) is 19.1 Å². The Labute approximate surface area is 103 Å². The number of rotatable bonds is 3. The van der Waals surface area contributed by atoms with Crippen LogP contribution in [0, 0.1) is 6.92 Å². The van der Waals surface area contributed by atoms with Crippen molar-refractivity contribution in [2.75, 3.05) is 10.7 Å². The summed E-state index contributed by atoms with van der Waals surface area (Å²) in [6, 6.07) is 3.51. The molecule has 0 unspecified atom stereocenters. The Morgan fingerprint density at radius 1 is 1.28 bits per heavy atom. The molecule has 0 atom stereocenters. The number of hydrogen-bond donors (Lipinski definition) is 3. The molecule has 18 heavy (non-hydrogen) atoms. The molecule has 7 nitrogen and oxygen atoms in total. The van der Waals surface area contributed by atoms with Crippen molar-refractivity contribution in [1.82, 2.24) is 15.0 Å². The minimum Gasteiger partial charge on any atom is -0.319 e. The molecular formula is C11H12N6O. The maximum atomic E-state index is 11.9. The van der Waals surface area contributed by atoms with Gasteiger partial charge in [0, 0.05) is 6.20 Å². The molecule has 0 bridgehead atoms. The first-order chi connectivity index (χ1) is 8.70. The van der Waals surface area contributed by atoms with Gasteiger partial charge in [-0.2, -0.15) is 0 Å². The van der Waals surface area contributed by atoms with Crippen molar-refractivity contribution in [3.8, 4) is 0 Å². The lowest BCUT2D eigenvalue weighted by atomic mass is 10.3. The van der Waals surface area contributed by atoms with E-state index in [-0.39, 0.29) is 11.6 Å². The number of pyridine rings is 1. The standard InChI is InChI=1S/C11H12N6O/c1-7-8(3-2-4-13-7)16-11(18)9-5-15-10(17-12)6-14-9/h2-6H,12H2,1H3,(H,15,17)(H,16,18). The van der Waals surface area contributed by atoms with Crippen LogP contribution in [0.4, 0.5) is 11.5 Å². The zero-order valence-electron chi connectivity index (χ0n) is 9.71. The highest BCUT2D eigenvalue weighted by molar-refractivity contribution is 6.02. The molecule has 7 heteroatoms. The number of hydrazine groups is 1. The molecule has 2 aromatic heterocycles. The molecule has 0 radical (unpaired) electrons. The fourth-order valence-electron chi connectivity index (χ4n) is 1.32. The van der Waals surface area contributed by atoms with Crippen molar-refractivity contribution in [2.24, 2.45) is 5.84 Å². The first kappa shape index (κ1) is 11.9. The van der Waals surface area contributed by atoms with Crippen LogP contribution < -0.4 is 16.6 Å². The van der Waals surface area contributed by atoms with Crippen LogP contribution in [0.25, 0.3) is 0 Å². The summed E-state index contributed by atoms with van der Waals surface area (Å²) >= 11 is 0. The van der Waals surface area contributed by atoms with E-state index in [0.717, 1.165) is 5.69 Å². The third kappa shape index (κ3) is 2.58. The SMILES string of the molecule is Cc1ncccc1NC(=O)c1cnc(NN)cn1. The number of nitrogen functional groups attached to an aromatic ring is 1. The van der Waals surface area contributed by atoms with Gasteiger partial charge in [-0.1, -0.05) is 0 Å². The number of carbonyl (C=O) groups is 1. The van der Waals surface area contributed by atoms with E-state index < -0.39 is 0 Å². The maximum absolute atomic E-state index is 11.9. The van der Waals surface area contributed by atoms with E-state index in [1.165, 1.54) is 12.4 Å². The third-order valence-electron chi connectivity index (χ3n) is 2.29. The Bertz CT molecular complexity index is 554. The lowest BCUT2D eigenvalue weighted by Gasteiger charge is -2.06. The third-order valence-corrected chi connectivity index (χ3v) is 2.29. The van der Waals surface area contributed by atoms with Gasteiger partial charge in [0.15, 0.2) is 5.82 Å². The number of aromatic nitrogens is 3. The summed E-state index contributed by atoms with van der Waals surface area (Å²) in [5, 5.41) is 2.71. The number of anilines is 2. The Kier molecular flexibility index (Phi) is 3.44. The number of carbonyl (C=O) groups excluding carboxylic acids is 1. The van der Waals surface area contributed by atoms with E-state index >= 15 is 0 Å². The van der Waals surface area contributed by atoms with Crippen molar-refractivity contribution < 1.29 is 4.79 Å². The van der Waals surface area contributed by atoms with E-state index in [9.17, 15) is 4.79 Å². The summed E-state index contributed by atoms with van der Waals surface area (Å²) in [7, 11) is 0. The molecule has 0 aliphatic heterocycles. The molecular weight excluding hydrogens is 232 g/mol. The van der Waals surface area contributed by atoms with Crippen LogP contribution in [0.5, 0.6) is 0 Å². The second-order valence-corrected chi connectivity index (χ2v) is 3.52. The number of nitrogens with zero attached hydrogens (tertiary/aromatic N) is 3. The average molecular weight is 244 g/mol. The normalized spacial score (nSPS) is 9.89. The molecule has 2 aromatic rings. The van der Waals surface area contributed by atoms with Crippen molar-refractivity contribution in [3.05, 3.63) is 42.1 Å². The first-order valence-corrected chi connectivity index (χ1v) is 5.22. The van der Waals surface area contributed by atoms with Crippen LogP contribution in [0.1, 0.15) is 16.2 Å². The minimum atomic E-state index is -0.345. The van der Waals surface area contributed by atoms with E-state index in [1.807, 2.05) is 6.92 Å². The molecule has 4 N–H and O–H groups in total. The van der Waals surface area contributed by atoms with Crippen LogP contribution in [-0.2, 0) is 0 Å². The van der Waals surface area contributed by atoms with Crippen LogP contribution in [0.2, 0.25) is 0 Å². The van der Waals surface area contributed by atoms with E-state index in [4.69, 9.17) is 5.84 Å². The molecule has 0 aliphatic rings. The summed E-state index contributed by atoms with van der Waals surface area (Å²) < 4.78 is 0. The largest absolute Gasteiger partial charge is 0.319 e. The lowest BCUT2D eigenvalue weighted by Crippen LogP contribution is -2.16. The molecule has 0 aliphatic carbocycles. The summed E-state index contributed by atoms with van der Waals surface area (Å²) in [5.74, 6) is 5.21. The van der Waals surface area contributed by atoms with E-state index in [1.54, 1.807) is 18.3 Å². The number of hydrogen-bond acceptors (Lipinski definition) is 6. The number of amides is 1. The van der Waals surface area contributed by atoms with Crippen LogP contribution in [-0.4, -0.2) is 20.9 Å². The highest BCUT2D eigenvalue weighted by atomic mass is 16.1. The Balaban J connectivity index is 2.14. The van der Waals surface area contributed by atoms with Crippen molar-refractivity contribution in [2.45, 2.75) is 6.92 Å². The fraction of sp³-hybridized carbons (Fsp3) is 0.0909. The number of nitrogens with two attached hydrogens (primary N) is 1. The predicted molar refractivity (Wildman–Crippen MR) is 66.8 cm³/mol. The van der Waals surface area contributed by atoms with Crippen molar-refractivity contribution in [3.63, 3.8) is 0 Å². The maximum Gasteiger partial charge on any atom is 0.275 e. The summed E-state index contributed by atoms with van der Waals surface area (Å²) in [5.41, 5.74) is 3.92. The van der Waals surface area contributed by atoms with Gasteiger partial charge in [0.2, 0.25) is 0 Å². The van der Waals surface area contributed by atoms with Gasteiger partial charge in [0.25, 0.3) is 5.91 Å². The average Bonchev–Trinajstić information content (AvgIpc) is 2.41. The first-order valence-electron chi connectivity index (χ1n) is 5.22. The van der Waals surface area contributed by atoms with Crippen molar-refractivity contribution in [1.29, 1.82) is 0 Å². The second kappa shape index (κ2) is 5.19. The Morgan fingerprint density at radius 2 is 2.11 bits per heavy atom. The van der Waals surface area contributed by atoms with E-state index in [2.05, 4.69) is 25.7 Å². The topological polar surface area (TPSA) is 106 Å². The molecule has 0 saturated heterocycles. The van der Waals surface area contributed by atoms with Crippen LogP contribution >= 0.6 is 0 Å². The van der Waals surface area contributed by atoms with Gasteiger partial charge >= 0.3 is 0 Å². The smallest absolute Gasteiger partial charge is 0.275 e. The highest BCUT2D eigenvalue weighted by Crippen LogP contribution is 2.11. The quantitative estimate of drug-likeness (QED) is 0.542. The van der Waals surface area contributed by atoms with Crippen molar-refractivity contribution >= 4 is 17.4 Å². The zero-order chi connectivity index (χ0) is 13.0. The highest BCUT2D eigenvalue weighted by Gasteiger charge is 2.09. The Morgan fingerprint density at radius 3 is 2.72 bits per heavy atom.